The zero-order valence-electron chi connectivity index (χ0n) is 24.0. The molecule has 0 fully saturated rings. The van der Waals surface area contributed by atoms with Gasteiger partial charge in [-0.3, -0.25) is 0 Å². The summed E-state index contributed by atoms with van der Waals surface area (Å²) >= 11 is 0. The Morgan fingerprint density at radius 3 is 1.58 bits per heavy atom. The molecule has 2 heteroatoms. The van der Waals surface area contributed by atoms with Crippen molar-refractivity contribution in [3.05, 3.63) is 157 Å². The van der Waals surface area contributed by atoms with E-state index < -0.39 is 0 Å². The van der Waals surface area contributed by atoms with Crippen molar-refractivity contribution >= 4 is 55.8 Å². The molecule has 0 spiro atoms. The molecule has 0 N–H and O–H groups in total. The first-order chi connectivity index (χ1) is 21.2. The average molecular weight is 551 g/mol. The van der Waals surface area contributed by atoms with Crippen LogP contribution in [0.5, 0.6) is 0 Å². The van der Waals surface area contributed by atoms with Gasteiger partial charge in [0.2, 0.25) is 0 Å². The van der Waals surface area contributed by atoms with Crippen molar-refractivity contribution in [2.75, 3.05) is 0 Å². The molecule has 0 saturated heterocycles. The van der Waals surface area contributed by atoms with Crippen LogP contribution in [0.3, 0.4) is 0 Å². The molecule has 2 aromatic heterocycles. The number of allylic oxidation sites excluding steroid dienone is 1. The number of rotatable bonds is 5. The molecule has 0 aliphatic rings. The number of hydrogen-bond donors (Lipinski definition) is 0. The van der Waals surface area contributed by atoms with E-state index in [-0.39, 0.29) is 0 Å². The van der Waals surface area contributed by atoms with Crippen molar-refractivity contribution in [3.63, 3.8) is 0 Å². The third kappa shape index (κ3) is 3.95. The van der Waals surface area contributed by atoms with Crippen LogP contribution in [-0.4, -0.2) is 9.13 Å². The molecular formula is C41H30N2. The number of para-hydroxylation sites is 3. The second-order valence-electron chi connectivity index (χ2n) is 11.0. The van der Waals surface area contributed by atoms with Gasteiger partial charge in [-0.2, -0.15) is 0 Å². The van der Waals surface area contributed by atoms with Gasteiger partial charge >= 0.3 is 0 Å². The summed E-state index contributed by atoms with van der Waals surface area (Å²) < 4.78 is 4.75. The highest BCUT2D eigenvalue weighted by Crippen LogP contribution is 2.38. The molecule has 0 saturated carbocycles. The van der Waals surface area contributed by atoms with Gasteiger partial charge in [0.25, 0.3) is 0 Å². The fraction of sp³-hybridized carbons (Fsp3) is 0.0244. The molecule has 43 heavy (non-hydrogen) atoms. The zero-order valence-corrected chi connectivity index (χ0v) is 24.0. The van der Waals surface area contributed by atoms with Gasteiger partial charge in [-0.15, -0.1) is 0 Å². The summed E-state index contributed by atoms with van der Waals surface area (Å²) in [6, 6.07) is 48.4. The Labute approximate surface area is 251 Å². The number of nitrogens with zero attached hydrogens (tertiary/aromatic N) is 2. The van der Waals surface area contributed by atoms with Crippen LogP contribution in [0.25, 0.3) is 78.3 Å². The van der Waals surface area contributed by atoms with Crippen LogP contribution in [-0.2, 0) is 0 Å². The Hall–Kier alpha value is -5.60. The van der Waals surface area contributed by atoms with Crippen molar-refractivity contribution in [1.82, 2.24) is 9.13 Å². The van der Waals surface area contributed by atoms with Crippen LogP contribution in [0, 0.1) is 0 Å². The number of hydrogen-bond acceptors (Lipinski definition) is 0. The SMILES string of the molecule is C=Cc1ccc(-n2c3ccccc3c3cc(-c4ccc5c(c4)c4ccccc4n5-c4ccccc4)ccc32)cc1/C=C\C. The van der Waals surface area contributed by atoms with Crippen molar-refractivity contribution in [3.8, 4) is 22.5 Å². The second kappa shape index (κ2) is 10.0. The van der Waals surface area contributed by atoms with Gasteiger partial charge < -0.3 is 9.13 Å². The Morgan fingerprint density at radius 2 is 1.00 bits per heavy atom. The lowest BCUT2D eigenvalue weighted by Crippen LogP contribution is -1.95. The van der Waals surface area contributed by atoms with E-state index in [1.807, 2.05) is 6.08 Å². The van der Waals surface area contributed by atoms with Crippen LogP contribution >= 0.6 is 0 Å². The quantitative estimate of drug-likeness (QED) is 0.202. The fourth-order valence-electron chi connectivity index (χ4n) is 6.65. The summed E-state index contributed by atoms with van der Waals surface area (Å²) in [5.41, 5.74) is 11.9. The van der Waals surface area contributed by atoms with Crippen LogP contribution in [0.4, 0.5) is 0 Å². The lowest BCUT2D eigenvalue weighted by Gasteiger charge is -2.11. The van der Waals surface area contributed by atoms with Crippen molar-refractivity contribution in [2.45, 2.75) is 6.92 Å². The molecule has 0 atom stereocenters. The molecule has 0 unspecified atom stereocenters. The third-order valence-corrected chi connectivity index (χ3v) is 8.59. The van der Waals surface area contributed by atoms with Crippen LogP contribution in [0.15, 0.2) is 146 Å². The van der Waals surface area contributed by atoms with Crippen LogP contribution < -0.4 is 0 Å². The van der Waals surface area contributed by atoms with E-state index in [1.165, 1.54) is 66.0 Å². The molecular weight excluding hydrogens is 520 g/mol. The normalized spacial score (nSPS) is 11.8. The molecule has 0 amide bonds. The van der Waals surface area contributed by atoms with Gasteiger partial charge in [0.1, 0.15) is 0 Å². The summed E-state index contributed by atoms with van der Waals surface area (Å²) in [4.78, 5) is 0. The first-order valence-corrected chi connectivity index (χ1v) is 14.8. The smallest absolute Gasteiger partial charge is 0.0541 e. The maximum Gasteiger partial charge on any atom is 0.0541 e. The van der Waals surface area contributed by atoms with E-state index in [9.17, 15) is 0 Å². The highest BCUT2D eigenvalue weighted by atomic mass is 15.0. The molecule has 8 aromatic rings. The zero-order chi connectivity index (χ0) is 28.9. The Balaban J connectivity index is 1.33. The number of aromatic nitrogens is 2. The van der Waals surface area contributed by atoms with E-state index in [1.54, 1.807) is 0 Å². The highest BCUT2D eigenvalue weighted by Gasteiger charge is 2.16. The van der Waals surface area contributed by atoms with Crippen molar-refractivity contribution < 1.29 is 0 Å². The second-order valence-corrected chi connectivity index (χ2v) is 11.0. The van der Waals surface area contributed by atoms with Gasteiger partial charge in [-0.1, -0.05) is 97.6 Å². The summed E-state index contributed by atoms with van der Waals surface area (Å²) in [6.07, 6.45) is 6.15. The topological polar surface area (TPSA) is 9.86 Å². The van der Waals surface area contributed by atoms with Gasteiger partial charge in [0.05, 0.1) is 22.1 Å². The number of benzene rings is 6. The molecule has 0 aliphatic heterocycles. The minimum absolute atomic E-state index is 1.13. The van der Waals surface area contributed by atoms with Gasteiger partial charge in [0, 0.05) is 32.9 Å². The van der Waals surface area contributed by atoms with Gasteiger partial charge in [0.15, 0.2) is 0 Å². The lowest BCUT2D eigenvalue weighted by atomic mass is 10.0. The Morgan fingerprint density at radius 1 is 0.465 bits per heavy atom. The lowest BCUT2D eigenvalue weighted by molar-refractivity contribution is 1.18. The molecule has 0 bridgehead atoms. The molecule has 6 aromatic carbocycles. The maximum absolute atomic E-state index is 4.01. The minimum Gasteiger partial charge on any atom is -0.309 e. The summed E-state index contributed by atoms with van der Waals surface area (Å²) in [6.45, 7) is 6.07. The molecule has 0 radical (unpaired) electrons. The van der Waals surface area contributed by atoms with E-state index in [4.69, 9.17) is 0 Å². The summed E-state index contributed by atoms with van der Waals surface area (Å²) in [5, 5.41) is 5.03. The predicted molar refractivity (Wildman–Crippen MR) is 185 cm³/mol. The van der Waals surface area contributed by atoms with E-state index >= 15 is 0 Å². The largest absolute Gasteiger partial charge is 0.309 e. The number of fused-ring (bicyclic) bond motifs is 6. The maximum atomic E-state index is 4.01. The van der Waals surface area contributed by atoms with E-state index in [0.717, 1.165) is 11.3 Å². The first-order valence-electron chi connectivity index (χ1n) is 14.8. The Bertz CT molecular complexity index is 2360. The predicted octanol–water partition coefficient (Wildman–Crippen LogP) is 11.2. The minimum atomic E-state index is 1.13. The molecule has 0 aliphatic carbocycles. The molecule has 8 rings (SSSR count). The standard InChI is InChI=1S/C41H30N2/c1-3-12-29-25-33(22-19-28(29)4-2)43-39-18-11-9-16-35(39)37-27-31(21-24-41(37)43)30-20-23-40-36(26-30)34-15-8-10-17-38(34)42(40)32-13-6-5-7-14-32/h3-27H,2H2,1H3/b12-3-. The highest BCUT2D eigenvalue weighted by molar-refractivity contribution is 6.12. The van der Waals surface area contributed by atoms with E-state index in [2.05, 4.69) is 168 Å². The van der Waals surface area contributed by atoms with E-state index in [0.29, 0.717) is 0 Å². The third-order valence-electron chi connectivity index (χ3n) is 8.59. The van der Waals surface area contributed by atoms with Crippen molar-refractivity contribution in [2.24, 2.45) is 0 Å². The van der Waals surface area contributed by atoms with Crippen molar-refractivity contribution in [1.29, 1.82) is 0 Å². The Kier molecular flexibility index (Phi) is 5.87. The molecule has 2 nitrogen and oxygen atoms in total. The van der Waals surface area contributed by atoms with Gasteiger partial charge in [-0.25, -0.2) is 0 Å². The fourth-order valence-corrected chi connectivity index (χ4v) is 6.65. The van der Waals surface area contributed by atoms with Crippen LogP contribution in [0.2, 0.25) is 0 Å². The molecule has 204 valence electrons. The average Bonchev–Trinajstić information content (AvgIpc) is 3.57. The first kappa shape index (κ1) is 25.1. The summed E-state index contributed by atoms with van der Waals surface area (Å²) in [5.74, 6) is 0. The monoisotopic (exact) mass is 550 g/mol. The molecule has 2 heterocycles. The van der Waals surface area contributed by atoms with Crippen LogP contribution in [0.1, 0.15) is 18.1 Å². The van der Waals surface area contributed by atoms with Gasteiger partial charge in [-0.05, 0) is 89.8 Å². The summed E-state index contributed by atoms with van der Waals surface area (Å²) in [7, 11) is 0.